The molecule has 0 fully saturated rings. The van der Waals surface area contributed by atoms with Crippen molar-refractivity contribution in [3.05, 3.63) is 54.7 Å². The molecule has 1 amide bonds. The quantitative estimate of drug-likeness (QED) is 0.453. The maximum absolute atomic E-state index is 12.3. The van der Waals surface area contributed by atoms with Crippen LogP contribution in [0.4, 0.5) is 0 Å². The van der Waals surface area contributed by atoms with Crippen molar-refractivity contribution >= 4 is 32.2 Å². The van der Waals surface area contributed by atoms with Gasteiger partial charge in [-0.1, -0.05) is 47.7 Å². The van der Waals surface area contributed by atoms with Crippen molar-refractivity contribution in [2.24, 2.45) is 0 Å². The minimum Gasteiger partial charge on any atom is -0.497 e. The molecular weight excluding hydrogens is 440 g/mol. The highest BCUT2D eigenvalue weighted by Crippen LogP contribution is 2.28. The van der Waals surface area contributed by atoms with E-state index in [1.165, 1.54) is 11.6 Å². The van der Waals surface area contributed by atoms with Crippen LogP contribution < -0.4 is 9.46 Å². The molecule has 31 heavy (non-hydrogen) atoms. The molecule has 2 aromatic heterocycles. The largest absolute Gasteiger partial charge is 0.497 e. The van der Waals surface area contributed by atoms with Crippen LogP contribution >= 0.6 is 11.3 Å². The first kappa shape index (κ1) is 21.0. The Labute approximate surface area is 182 Å². The van der Waals surface area contributed by atoms with Crippen LogP contribution in [0.15, 0.2) is 59.1 Å². The Bertz CT molecular complexity index is 1310. The van der Waals surface area contributed by atoms with Crippen LogP contribution in [-0.4, -0.2) is 49.7 Å². The molecule has 4 aromatic rings. The average Bonchev–Trinajstić information content (AvgIpc) is 3.34. The summed E-state index contributed by atoms with van der Waals surface area (Å²) in [6.07, 6.45) is 1.64. The van der Waals surface area contributed by atoms with Gasteiger partial charge in [-0.25, -0.2) is 14.2 Å². The third-order valence-corrected chi connectivity index (χ3v) is 7.03. The fraction of sp³-hybridized carbons (Fsp3) is 0.150. The third-order valence-electron chi connectivity index (χ3n) is 4.36. The van der Waals surface area contributed by atoms with Gasteiger partial charge in [0.15, 0.2) is 0 Å². The molecule has 0 bridgehead atoms. The Morgan fingerprint density at radius 1 is 1.10 bits per heavy atom. The number of sulfonamides is 1. The van der Waals surface area contributed by atoms with Crippen molar-refractivity contribution < 1.29 is 22.7 Å². The summed E-state index contributed by atoms with van der Waals surface area (Å²) in [7, 11) is -1.15. The molecule has 0 aliphatic heterocycles. The number of nitrogens with one attached hydrogen (secondary N) is 1. The first-order chi connectivity index (χ1) is 14.9. The highest BCUT2D eigenvalue weighted by atomic mass is 32.2. The zero-order chi connectivity index (χ0) is 22.0. The number of methoxy groups -OCH3 is 2. The molecule has 0 spiro atoms. The topological polar surface area (TPSA) is 112 Å². The molecular formula is C20H18N4O5S2. The first-order valence-corrected chi connectivity index (χ1v) is 11.4. The molecule has 0 unspecified atom stereocenters. The summed E-state index contributed by atoms with van der Waals surface area (Å²) >= 11 is 0.867. The van der Waals surface area contributed by atoms with E-state index in [9.17, 15) is 13.2 Å². The van der Waals surface area contributed by atoms with Gasteiger partial charge in [-0.2, -0.15) is 8.42 Å². The minimum absolute atomic E-state index is 0.251. The molecule has 0 aliphatic carbocycles. The van der Waals surface area contributed by atoms with Crippen LogP contribution in [0.2, 0.25) is 0 Å². The van der Waals surface area contributed by atoms with Crippen molar-refractivity contribution in [1.29, 1.82) is 0 Å². The van der Waals surface area contributed by atoms with Crippen molar-refractivity contribution in [3.8, 4) is 28.1 Å². The summed E-state index contributed by atoms with van der Waals surface area (Å²) in [5.74, 6) is 0.0123. The molecule has 2 heterocycles. The van der Waals surface area contributed by atoms with Crippen LogP contribution in [0.1, 0.15) is 0 Å². The molecule has 0 saturated heterocycles. The van der Waals surface area contributed by atoms with Crippen molar-refractivity contribution in [3.63, 3.8) is 0 Å². The Morgan fingerprint density at radius 2 is 1.84 bits per heavy atom. The number of hydrogen-bond acceptors (Lipinski definition) is 8. The zero-order valence-corrected chi connectivity index (χ0v) is 18.2. The molecule has 1 N–H and O–H groups in total. The van der Waals surface area contributed by atoms with Gasteiger partial charge < -0.3 is 9.47 Å². The summed E-state index contributed by atoms with van der Waals surface area (Å²) in [5.41, 5.74) is 3.58. The summed E-state index contributed by atoms with van der Waals surface area (Å²) in [6, 6.07) is 15.6. The molecule has 4 rings (SSSR count). The number of imidazole rings is 1. The predicted molar refractivity (Wildman–Crippen MR) is 115 cm³/mol. The number of ether oxygens (including phenoxy) is 2. The number of carbonyl (C=O) groups is 1. The SMILES string of the molecule is COCC(=O)NS(=O)(=O)c1nn2cc(-c3ccc(-c4cccc(OC)c4)cc3)nc2s1. The lowest BCUT2D eigenvalue weighted by atomic mass is 10.0. The second-order valence-electron chi connectivity index (χ2n) is 6.49. The lowest BCUT2D eigenvalue weighted by Crippen LogP contribution is -2.33. The molecule has 2 aromatic carbocycles. The lowest BCUT2D eigenvalue weighted by Gasteiger charge is -2.05. The van der Waals surface area contributed by atoms with Gasteiger partial charge in [0.25, 0.3) is 20.3 Å². The van der Waals surface area contributed by atoms with Gasteiger partial charge in [-0.05, 0) is 23.3 Å². The van der Waals surface area contributed by atoms with Gasteiger partial charge in [0.2, 0.25) is 4.96 Å². The minimum atomic E-state index is -4.08. The van der Waals surface area contributed by atoms with Gasteiger partial charge >= 0.3 is 0 Å². The number of carbonyl (C=O) groups excluding carboxylic acids is 1. The molecule has 0 atom stereocenters. The molecule has 0 saturated carbocycles. The number of fused-ring (bicyclic) bond motifs is 1. The van der Waals surface area contributed by atoms with Crippen molar-refractivity contribution in [2.45, 2.75) is 4.34 Å². The van der Waals surface area contributed by atoms with E-state index in [2.05, 4.69) is 14.8 Å². The maximum Gasteiger partial charge on any atom is 0.293 e. The maximum atomic E-state index is 12.3. The Morgan fingerprint density at radius 3 is 2.52 bits per heavy atom. The fourth-order valence-corrected chi connectivity index (χ4v) is 4.96. The van der Waals surface area contributed by atoms with Gasteiger partial charge in [0.1, 0.15) is 12.4 Å². The number of aromatic nitrogens is 3. The molecule has 9 nitrogen and oxygen atoms in total. The van der Waals surface area contributed by atoms with E-state index < -0.39 is 15.9 Å². The summed E-state index contributed by atoms with van der Waals surface area (Å²) < 4.78 is 37.5. The van der Waals surface area contributed by atoms with Gasteiger partial charge in [-0.15, -0.1) is 5.10 Å². The third kappa shape index (κ3) is 4.43. The zero-order valence-electron chi connectivity index (χ0n) is 16.6. The lowest BCUT2D eigenvalue weighted by molar-refractivity contribution is -0.122. The number of amides is 1. The number of nitrogens with zero attached hydrogens (tertiary/aromatic N) is 3. The number of rotatable bonds is 7. The summed E-state index contributed by atoms with van der Waals surface area (Å²) in [4.78, 5) is 16.4. The van der Waals surface area contributed by atoms with Crippen LogP contribution in [0.5, 0.6) is 5.75 Å². The molecule has 0 radical (unpaired) electrons. The molecule has 11 heteroatoms. The smallest absolute Gasteiger partial charge is 0.293 e. The monoisotopic (exact) mass is 458 g/mol. The van der Waals surface area contributed by atoms with Crippen LogP contribution in [0, 0.1) is 0 Å². The van der Waals surface area contributed by atoms with Crippen LogP contribution in [-0.2, 0) is 19.6 Å². The van der Waals surface area contributed by atoms with E-state index in [0.717, 1.165) is 33.8 Å². The Balaban J connectivity index is 1.57. The van der Waals surface area contributed by atoms with E-state index in [1.54, 1.807) is 13.3 Å². The van der Waals surface area contributed by atoms with Crippen molar-refractivity contribution in [1.82, 2.24) is 19.3 Å². The van der Waals surface area contributed by atoms with Crippen molar-refractivity contribution in [2.75, 3.05) is 20.8 Å². The average molecular weight is 459 g/mol. The second-order valence-corrected chi connectivity index (χ2v) is 9.30. The fourth-order valence-electron chi connectivity index (χ4n) is 2.92. The van der Waals surface area contributed by atoms with Gasteiger partial charge in [0.05, 0.1) is 19.0 Å². The van der Waals surface area contributed by atoms with E-state index in [4.69, 9.17) is 4.74 Å². The normalized spacial score (nSPS) is 11.5. The second kappa shape index (κ2) is 8.46. The number of hydrogen-bond donors (Lipinski definition) is 1. The summed E-state index contributed by atoms with van der Waals surface area (Å²) in [6.45, 7) is -0.363. The van der Waals surface area contributed by atoms with E-state index >= 15 is 0 Å². The highest BCUT2D eigenvalue weighted by Gasteiger charge is 2.23. The van der Waals surface area contributed by atoms with E-state index in [0.29, 0.717) is 10.7 Å². The standard InChI is InChI=1S/C20H18N4O5S2/c1-28-12-18(25)23-31(26,27)20-22-24-11-17(21-19(24)30-20)14-8-6-13(7-9-14)15-4-3-5-16(10-15)29-2/h3-11H,12H2,1-2H3,(H,23,25). The summed E-state index contributed by atoms with van der Waals surface area (Å²) in [5, 5.41) is 4.04. The first-order valence-electron chi connectivity index (χ1n) is 9.05. The highest BCUT2D eigenvalue weighted by molar-refractivity contribution is 7.92. The predicted octanol–water partition coefficient (Wildman–Crippen LogP) is 2.58. The van der Waals surface area contributed by atoms with Crippen LogP contribution in [0.25, 0.3) is 27.3 Å². The van der Waals surface area contributed by atoms with Gasteiger partial charge in [0, 0.05) is 12.7 Å². The molecule has 160 valence electrons. The Hall–Kier alpha value is -3.28. The van der Waals surface area contributed by atoms with E-state index in [-0.39, 0.29) is 10.9 Å². The van der Waals surface area contributed by atoms with Gasteiger partial charge in [-0.3, -0.25) is 4.79 Å². The number of benzene rings is 2. The van der Waals surface area contributed by atoms with E-state index in [1.807, 2.05) is 53.3 Å². The molecule has 0 aliphatic rings. The Kier molecular flexibility index (Phi) is 5.72. The van der Waals surface area contributed by atoms with Crippen LogP contribution in [0.3, 0.4) is 0 Å².